The molecule has 6 rings (SSSR count). The van der Waals surface area contributed by atoms with Crippen molar-refractivity contribution >= 4 is 63.2 Å². The first-order valence-corrected chi connectivity index (χ1v) is 19.9. The predicted molar refractivity (Wildman–Crippen MR) is 235 cm³/mol. The number of aromatic nitrogens is 4. The lowest BCUT2D eigenvalue weighted by Gasteiger charge is -2.22. The van der Waals surface area contributed by atoms with Crippen LogP contribution in [-0.4, -0.2) is 76.2 Å². The van der Waals surface area contributed by atoms with Gasteiger partial charge in [-0.2, -0.15) is 5.10 Å². The fourth-order valence-corrected chi connectivity index (χ4v) is 8.18. The van der Waals surface area contributed by atoms with Gasteiger partial charge in [0.05, 0.1) is 28.4 Å². The van der Waals surface area contributed by atoms with Crippen LogP contribution in [0.3, 0.4) is 0 Å². The molecule has 6 aromatic rings. The normalized spacial score (nSPS) is 11.4. The highest BCUT2D eigenvalue weighted by Gasteiger charge is 2.24. The van der Waals surface area contributed by atoms with Gasteiger partial charge in [-0.3, -0.25) is 9.48 Å². The molecule has 0 aliphatic rings. The first kappa shape index (κ1) is 42.4. The third-order valence-corrected chi connectivity index (χ3v) is 11.6. The molecule has 9 nitrogen and oxygen atoms in total. The monoisotopic (exact) mass is 798 g/mol. The zero-order valence-electron chi connectivity index (χ0n) is 34.3. The van der Waals surface area contributed by atoms with Crippen LogP contribution in [0.25, 0.3) is 39.0 Å². The summed E-state index contributed by atoms with van der Waals surface area (Å²) < 4.78 is 13.0. The molecular weight excluding hydrogens is 743 g/mol. The topological polar surface area (TPSA) is 80.7 Å². The number of likely N-dealkylation sites (N-methyl/N-ethyl adjacent to an activating group) is 1. The highest BCUT2D eigenvalue weighted by Crippen LogP contribution is 2.42. The minimum absolute atomic E-state index is 0.250. The Labute approximate surface area is 341 Å². The van der Waals surface area contributed by atoms with Gasteiger partial charge < -0.3 is 28.8 Å². The number of aryl methyl sites for hydroxylation is 7. The number of rotatable bonds is 15. The maximum absolute atomic E-state index is 8.36. The van der Waals surface area contributed by atoms with Gasteiger partial charge in [0.15, 0.2) is 0 Å². The molecule has 0 bridgehead atoms. The number of hydrogen-bond acceptors (Lipinski definition) is 5. The van der Waals surface area contributed by atoms with Crippen LogP contribution in [0.4, 0.5) is 5.69 Å². The van der Waals surface area contributed by atoms with E-state index in [4.69, 9.17) is 42.9 Å². The van der Waals surface area contributed by atoms with Crippen molar-refractivity contribution in [3.8, 4) is 16.9 Å². The average molecular weight is 800 g/mol. The second kappa shape index (κ2) is 18.5. The van der Waals surface area contributed by atoms with E-state index >= 15 is 0 Å². The third-order valence-electron chi connectivity index (χ3n) is 10.7. The Morgan fingerprint density at radius 1 is 0.893 bits per heavy atom. The van der Waals surface area contributed by atoms with Crippen LogP contribution in [0.5, 0.6) is 5.75 Å². The molecule has 0 saturated heterocycles. The van der Waals surface area contributed by atoms with E-state index in [2.05, 4.69) is 97.9 Å². The second-order valence-corrected chi connectivity index (χ2v) is 15.7. The Balaban J connectivity index is 0.00000194. The fraction of sp³-hybridized carbons (Fsp3) is 0.378. The highest BCUT2D eigenvalue weighted by atomic mass is 35.5. The van der Waals surface area contributed by atoms with Gasteiger partial charge in [0, 0.05) is 90.5 Å². The molecule has 3 heterocycles. The number of nitrogens with zero attached hydrogens (tertiary/aromatic N) is 6. The lowest BCUT2D eigenvalue weighted by atomic mass is 9.98. The van der Waals surface area contributed by atoms with Gasteiger partial charge >= 0.3 is 0 Å². The first-order valence-electron chi connectivity index (χ1n) is 19.1. The Bertz CT molecular complexity index is 2330. The Kier molecular flexibility index (Phi) is 14.0. The summed E-state index contributed by atoms with van der Waals surface area (Å²) in [7, 11) is 8.45. The molecule has 0 atom stereocenters. The molecule has 56 heavy (non-hydrogen) atoms. The average Bonchev–Trinajstić information content (AvgIpc) is 3.78. The van der Waals surface area contributed by atoms with Crippen molar-refractivity contribution in [3.05, 3.63) is 105 Å². The lowest BCUT2D eigenvalue weighted by Crippen LogP contribution is -2.21. The molecule has 3 aromatic heterocycles. The lowest BCUT2D eigenvalue weighted by molar-refractivity contribution is -0.122. The first-order chi connectivity index (χ1) is 26.7. The van der Waals surface area contributed by atoms with Gasteiger partial charge in [-0.15, -0.1) is 0 Å². The van der Waals surface area contributed by atoms with Crippen LogP contribution in [0.1, 0.15) is 52.2 Å². The van der Waals surface area contributed by atoms with E-state index in [1.165, 1.54) is 33.1 Å². The van der Waals surface area contributed by atoms with Crippen molar-refractivity contribution in [1.29, 1.82) is 0 Å². The molecule has 3 aromatic carbocycles. The largest absolute Gasteiger partial charge is 0.494 e. The second-order valence-electron chi connectivity index (χ2n) is 14.9. The van der Waals surface area contributed by atoms with Gasteiger partial charge in [-0.25, -0.2) is 0 Å². The van der Waals surface area contributed by atoms with E-state index in [0.717, 1.165) is 106 Å². The van der Waals surface area contributed by atoms with Crippen LogP contribution < -0.4 is 9.64 Å². The van der Waals surface area contributed by atoms with E-state index in [0.29, 0.717) is 6.61 Å². The number of benzene rings is 3. The highest BCUT2D eigenvalue weighted by molar-refractivity contribution is 6.35. The Hall–Kier alpha value is -4.70. The van der Waals surface area contributed by atoms with E-state index in [9.17, 15) is 0 Å². The molecule has 0 amide bonds. The zero-order chi connectivity index (χ0) is 40.8. The number of carbonyl (C=O) groups is 1. The van der Waals surface area contributed by atoms with E-state index in [-0.39, 0.29) is 6.47 Å². The molecule has 0 aliphatic carbocycles. The molecule has 298 valence electrons. The minimum atomic E-state index is -0.250. The molecule has 0 radical (unpaired) electrons. The molecule has 0 unspecified atom stereocenters. The molecule has 1 N–H and O–H groups in total. The van der Waals surface area contributed by atoms with Crippen LogP contribution in [0, 0.1) is 34.6 Å². The molecule has 11 heteroatoms. The molecule has 0 fully saturated rings. The van der Waals surface area contributed by atoms with E-state index in [1.54, 1.807) is 0 Å². The SMILES string of the molecule is C=Cc1c(CCCOc2cc(C)c(Cl)c(C)c2)c2ccc(Cl)c(-c3c(C)nn(C)c3C)c2n1CCCN(C)c1cc(C)c2ccn(CCN(C)C)c2c1.O=CO. The maximum atomic E-state index is 8.36. The number of fused-ring (bicyclic) bond motifs is 2. The van der Waals surface area contributed by atoms with Gasteiger partial charge in [-0.1, -0.05) is 35.8 Å². The van der Waals surface area contributed by atoms with E-state index < -0.39 is 0 Å². The summed E-state index contributed by atoms with van der Waals surface area (Å²) in [6, 6.07) is 15.2. The third kappa shape index (κ3) is 8.96. The number of ether oxygens (including phenoxy) is 1. The van der Waals surface area contributed by atoms with Crippen molar-refractivity contribution in [2.45, 2.75) is 67.0 Å². The van der Waals surface area contributed by atoms with Crippen LogP contribution in [0.15, 0.2) is 55.2 Å². The number of hydrogen-bond donors (Lipinski definition) is 1. The maximum Gasteiger partial charge on any atom is 0.290 e. The summed E-state index contributed by atoms with van der Waals surface area (Å²) in [4.78, 5) is 13.0. The number of anilines is 1. The summed E-state index contributed by atoms with van der Waals surface area (Å²) in [5.74, 6) is 0.854. The standard InChI is InChI=1S/C44H54Cl2N6O.CH2O2/c1-11-39-36(14-12-23-53-34-25-29(3)43(46)30(4)26-34)37-15-16-38(45)42(41-31(5)47-50(10)32(41)6)44(37)52(39)19-13-18-49(9)33-24-28(2)35-17-20-51(40(35)27-33)22-21-48(7)8;2-1-3/h11,15-17,20,24-27H,1,12-14,18-19,21-23H2,2-10H3;1H,(H,2,3). The summed E-state index contributed by atoms with van der Waals surface area (Å²) in [5.41, 5.74) is 13.6. The van der Waals surface area contributed by atoms with Crippen molar-refractivity contribution in [2.24, 2.45) is 7.05 Å². The smallest absolute Gasteiger partial charge is 0.290 e. The number of carboxylic acid groups (broad SMARTS) is 1. The van der Waals surface area contributed by atoms with Crippen molar-refractivity contribution in [1.82, 2.24) is 23.8 Å². The summed E-state index contributed by atoms with van der Waals surface area (Å²) >= 11 is 13.6. The van der Waals surface area contributed by atoms with Crippen LogP contribution in [0.2, 0.25) is 10.0 Å². The minimum Gasteiger partial charge on any atom is -0.494 e. The molecule has 0 spiro atoms. The van der Waals surface area contributed by atoms with Crippen molar-refractivity contribution in [3.63, 3.8) is 0 Å². The fourth-order valence-electron chi connectivity index (χ4n) is 7.82. The summed E-state index contributed by atoms with van der Waals surface area (Å²) in [6.45, 7) is 18.8. The van der Waals surface area contributed by atoms with E-state index in [1.807, 2.05) is 49.9 Å². The van der Waals surface area contributed by atoms with Crippen molar-refractivity contribution in [2.75, 3.05) is 45.7 Å². The van der Waals surface area contributed by atoms with Gasteiger partial charge in [-0.05, 0) is 133 Å². The quantitative estimate of drug-likeness (QED) is 0.0823. The molecule has 0 saturated carbocycles. The number of halogens is 2. The Morgan fingerprint density at radius 2 is 1.59 bits per heavy atom. The van der Waals surface area contributed by atoms with Gasteiger partial charge in [0.1, 0.15) is 5.75 Å². The summed E-state index contributed by atoms with van der Waals surface area (Å²) in [6.07, 6.45) is 6.87. The van der Waals surface area contributed by atoms with Gasteiger partial charge in [0.25, 0.3) is 6.47 Å². The molecule has 0 aliphatic heterocycles. The predicted octanol–water partition coefficient (Wildman–Crippen LogP) is 10.3. The summed E-state index contributed by atoms with van der Waals surface area (Å²) in [5, 5.41) is 15.7. The van der Waals surface area contributed by atoms with Crippen LogP contribution >= 0.6 is 23.2 Å². The van der Waals surface area contributed by atoms with Gasteiger partial charge in [0.2, 0.25) is 0 Å². The zero-order valence-corrected chi connectivity index (χ0v) is 35.9. The van der Waals surface area contributed by atoms with Crippen LogP contribution in [-0.2, 0) is 31.4 Å². The Morgan fingerprint density at radius 3 is 2.21 bits per heavy atom. The molecular formula is C45H56Cl2N6O3. The van der Waals surface area contributed by atoms with Crippen molar-refractivity contribution < 1.29 is 14.6 Å².